The van der Waals surface area contributed by atoms with Gasteiger partial charge in [0.05, 0.1) is 14.2 Å². The molecule has 0 bridgehead atoms. The SMILES string of the molecule is COc1ccc(OC)c(S(=O)(=O)N2CCCC(NC(=O)C3CCCCC3)C2)c1. The number of hydrogen-bond acceptors (Lipinski definition) is 5. The van der Waals surface area contributed by atoms with Crippen LogP contribution in [0.1, 0.15) is 44.9 Å². The monoisotopic (exact) mass is 410 g/mol. The van der Waals surface area contributed by atoms with E-state index in [9.17, 15) is 13.2 Å². The Morgan fingerprint density at radius 3 is 2.50 bits per heavy atom. The van der Waals surface area contributed by atoms with Gasteiger partial charge in [0.25, 0.3) is 0 Å². The summed E-state index contributed by atoms with van der Waals surface area (Å²) in [4.78, 5) is 12.7. The van der Waals surface area contributed by atoms with Crippen LogP contribution >= 0.6 is 0 Å². The Morgan fingerprint density at radius 2 is 1.82 bits per heavy atom. The minimum atomic E-state index is -3.75. The van der Waals surface area contributed by atoms with Crippen LogP contribution < -0.4 is 14.8 Å². The van der Waals surface area contributed by atoms with E-state index in [-0.39, 0.29) is 35.1 Å². The molecule has 1 N–H and O–H groups in total. The summed E-state index contributed by atoms with van der Waals surface area (Å²) in [6, 6.07) is 4.59. The van der Waals surface area contributed by atoms with Crippen LogP contribution in [0.5, 0.6) is 11.5 Å². The van der Waals surface area contributed by atoms with Crippen LogP contribution in [0.3, 0.4) is 0 Å². The molecule has 28 heavy (non-hydrogen) atoms. The molecule has 0 radical (unpaired) electrons. The van der Waals surface area contributed by atoms with Gasteiger partial charge in [0.2, 0.25) is 15.9 Å². The van der Waals surface area contributed by atoms with E-state index in [1.54, 1.807) is 12.1 Å². The lowest BCUT2D eigenvalue weighted by molar-refractivity contribution is -0.126. The molecule has 2 aliphatic rings. The second-order valence-electron chi connectivity index (χ2n) is 7.56. The zero-order valence-corrected chi connectivity index (χ0v) is 17.5. The van der Waals surface area contributed by atoms with E-state index in [2.05, 4.69) is 5.32 Å². The van der Waals surface area contributed by atoms with Gasteiger partial charge in [0.1, 0.15) is 16.4 Å². The molecule has 1 aromatic rings. The smallest absolute Gasteiger partial charge is 0.246 e. The number of sulfonamides is 1. The zero-order chi connectivity index (χ0) is 20.1. The van der Waals surface area contributed by atoms with Crippen LogP contribution in [0.2, 0.25) is 0 Å². The van der Waals surface area contributed by atoms with E-state index in [1.807, 2.05) is 0 Å². The lowest BCUT2D eigenvalue weighted by Gasteiger charge is -2.33. The quantitative estimate of drug-likeness (QED) is 0.779. The third-order valence-electron chi connectivity index (χ3n) is 5.70. The Morgan fingerprint density at radius 1 is 1.07 bits per heavy atom. The predicted octanol–water partition coefficient (Wildman–Crippen LogP) is 2.55. The molecule has 1 atom stereocenters. The summed E-state index contributed by atoms with van der Waals surface area (Å²) in [5.74, 6) is 0.884. The van der Waals surface area contributed by atoms with Gasteiger partial charge in [0.15, 0.2) is 0 Å². The number of ether oxygens (including phenoxy) is 2. The van der Waals surface area contributed by atoms with Crippen LogP contribution in [0.25, 0.3) is 0 Å². The topological polar surface area (TPSA) is 84.9 Å². The van der Waals surface area contributed by atoms with E-state index < -0.39 is 10.0 Å². The fraction of sp³-hybridized carbons (Fsp3) is 0.650. The first-order valence-corrected chi connectivity index (χ1v) is 11.4. The summed E-state index contributed by atoms with van der Waals surface area (Å²) in [6.45, 7) is 0.708. The third-order valence-corrected chi connectivity index (χ3v) is 7.58. The number of hydrogen-bond donors (Lipinski definition) is 1. The summed E-state index contributed by atoms with van der Waals surface area (Å²) in [5.41, 5.74) is 0. The van der Waals surface area contributed by atoms with Gasteiger partial charge >= 0.3 is 0 Å². The number of amides is 1. The number of rotatable bonds is 6. The fourth-order valence-electron chi connectivity index (χ4n) is 4.09. The molecule has 0 spiro atoms. The number of nitrogens with one attached hydrogen (secondary N) is 1. The molecule has 1 heterocycles. The molecular weight excluding hydrogens is 380 g/mol. The van der Waals surface area contributed by atoms with Crippen molar-refractivity contribution in [2.75, 3.05) is 27.3 Å². The van der Waals surface area contributed by atoms with Crippen molar-refractivity contribution in [1.82, 2.24) is 9.62 Å². The maximum absolute atomic E-state index is 13.2. The van der Waals surface area contributed by atoms with Crippen LogP contribution in [0, 0.1) is 5.92 Å². The Balaban J connectivity index is 1.73. The van der Waals surface area contributed by atoms with E-state index in [1.165, 1.54) is 31.0 Å². The van der Waals surface area contributed by atoms with E-state index in [0.717, 1.165) is 32.1 Å². The molecular formula is C20H30N2O5S. The number of carbonyl (C=O) groups is 1. The number of carbonyl (C=O) groups excluding carboxylic acids is 1. The summed E-state index contributed by atoms with van der Waals surface area (Å²) in [7, 11) is -0.809. The van der Waals surface area contributed by atoms with Gasteiger partial charge in [0, 0.05) is 31.1 Å². The first-order chi connectivity index (χ1) is 13.5. The van der Waals surface area contributed by atoms with Crippen LogP contribution in [-0.4, -0.2) is 52.0 Å². The van der Waals surface area contributed by atoms with Gasteiger partial charge in [-0.2, -0.15) is 4.31 Å². The van der Waals surface area contributed by atoms with Crippen molar-refractivity contribution in [1.29, 1.82) is 0 Å². The average molecular weight is 411 g/mol. The number of benzene rings is 1. The van der Waals surface area contributed by atoms with Crippen molar-refractivity contribution in [2.45, 2.75) is 55.9 Å². The van der Waals surface area contributed by atoms with Gasteiger partial charge in [-0.3, -0.25) is 4.79 Å². The second-order valence-corrected chi connectivity index (χ2v) is 9.47. The minimum absolute atomic E-state index is 0.0687. The van der Waals surface area contributed by atoms with Crippen LogP contribution in [-0.2, 0) is 14.8 Å². The Kier molecular flexibility index (Phi) is 6.82. The molecule has 1 aromatic carbocycles. The molecule has 2 fully saturated rings. The highest BCUT2D eigenvalue weighted by atomic mass is 32.2. The molecule has 1 saturated heterocycles. The van der Waals surface area contributed by atoms with Gasteiger partial charge in [-0.15, -0.1) is 0 Å². The second kappa shape index (κ2) is 9.13. The maximum atomic E-state index is 13.2. The fourth-order valence-corrected chi connectivity index (χ4v) is 5.78. The highest BCUT2D eigenvalue weighted by Crippen LogP contribution is 2.32. The molecule has 3 rings (SSSR count). The number of nitrogens with zero attached hydrogens (tertiary/aromatic N) is 1. The number of methoxy groups -OCH3 is 2. The van der Waals surface area contributed by atoms with Crippen LogP contribution in [0.4, 0.5) is 0 Å². The first-order valence-electron chi connectivity index (χ1n) is 9.98. The average Bonchev–Trinajstić information content (AvgIpc) is 2.74. The highest BCUT2D eigenvalue weighted by Gasteiger charge is 2.34. The molecule has 1 saturated carbocycles. The highest BCUT2D eigenvalue weighted by molar-refractivity contribution is 7.89. The van der Waals surface area contributed by atoms with Crippen molar-refractivity contribution in [3.05, 3.63) is 18.2 Å². The molecule has 1 unspecified atom stereocenters. The molecule has 8 heteroatoms. The van der Waals surface area contributed by atoms with Gasteiger partial charge in [-0.1, -0.05) is 19.3 Å². The summed E-state index contributed by atoms with van der Waals surface area (Å²) >= 11 is 0. The van der Waals surface area contributed by atoms with E-state index >= 15 is 0 Å². The zero-order valence-electron chi connectivity index (χ0n) is 16.6. The predicted molar refractivity (Wildman–Crippen MR) is 106 cm³/mol. The molecule has 0 aromatic heterocycles. The Hall–Kier alpha value is -1.80. The Labute approximate surface area is 167 Å². The molecule has 1 aliphatic heterocycles. The summed E-state index contributed by atoms with van der Waals surface area (Å²) < 4.78 is 38.4. The molecule has 7 nitrogen and oxygen atoms in total. The third kappa shape index (κ3) is 4.60. The molecule has 1 amide bonds. The van der Waals surface area contributed by atoms with Crippen molar-refractivity contribution >= 4 is 15.9 Å². The van der Waals surface area contributed by atoms with E-state index in [0.29, 0.717) is 18.7 Å². The normalized spacial score (nSPS) is 21.9. The van der Waals surface area contributed by atoms with Gasteiger partial charge < -0.3 is 14.8 Å². The van der Waals surface area contributed by atoms with E-state index in [4.69, 9.17) is 9.47 Å². The van der Waals surface area contributed by atoms with Crippen molar-refractivity contribution in [3.63, 3.8) is 0 Å². The van der Waals surface area contributed by atoms with Crippen molar-refractivity contribution < 1.29 is 22.7 Å². The van der Waals surface area contributed by atoms with Gasteiger partial charge in [-0.05, 0) is 37.8 Å². The molecule has 1 aliphatic carbocycles. The Bertz CT molecular complexity index is 790. The number of piperidine rings is 1. The van der Waals surface area contributed by atoms with Crippen LogP contribution in [0.15, 0.2) is 23.1 Å². The van der Waals surface area contributed by atoms with Crippen molar-refractivity contribution in [3.8, 4) is 11.5 Å². The summed E-state index contributed by atoms with van der Waals surface area (Å²) in [5, 5.41) is 3.09. The van der Waals surface area contributed by atoms with Gasteiger partial charge in [-0.25, -0.2) is 8.42 Å². The lowest BCUT2D eigenvalue weighted by Crippen LogP contribution is -2.50. The standard InChI is InChI=1S/C20H30N2O5S/c1-26-17-10-11-18(27-2)19(13-17)28(24,25)22-12-6-9-16(14-22)21-20(23)15-7-4-3-5-8-15/h10-11,13,15-16H,3-9,12,14H2,1-2H3,(H,21,23). The largest absolute Gasteiger partial charge is 0.497 e. The first kappa shape index (κ1) is 20.9. The van der Waals surface area contributed by atoms with Crippen molar-refractivity contribution in [2.24, 2.45) is 5.92 Å². The maximum Gasteiger partial charge on any atom is 0.246 e. The minimum Gasteiger partial charge on any atom is -0.497 e. The molecule has 156 valence electrons. The lowest BCUT2D eigenvalue weighted by atomic mass is 9.88. The summed E-state index contributed by atoms with van der Waals surface area (Å²) in [6.07, 6.45) is 6.75.